The molecular formula is C25H32N2O3S. The van der Waals surface area contributed by atoms with Crippen molar-refractivity contribution < 1.29 is 13.2 Å². The molecule has 1 aliphatic heterocycles. The number of carbonyl (C=O) groups excluding carboxylic acids is 1. The molecule has 1 amide bonds. The van der Waals surface area contributed by atoms with Crippen LogP contribution in [0.25, 0.3) is 0 Å². The van der Waals surface area contributed by atoms with Gasteiger partial charge in [-0.2, -0.15) is 4.31 Å². The minimum atomic E-state index is -3.57. The van der Waals surface area contributed by atoms with Crippen molar-refractivity contribution >= 4 is 15.9 Å². The second-order valence-corrected chi connectivity index (χ2v) is 10.7. The highest BCUT2D eigenvalue weighted by Crippen LogP contribution is 2.28. The first-order valence-electron chi connectivity index (χ1n) is 11.5. The Morgan fingerprint density at radius 2 is 1.81 bits per heavy atom. The predicted octanol–water partition coefficient (Wildman–Crippen LogP) is 4.23. The average Bonchev–Trinajstić information content (AvgIpc) is 2.82. The van der Waals surface area contributed by atoms with Gasteiger partial charge in [-0.05, 0) is 73.8 Å². The van der Waals surface area contributed by atoms with Gasteiger partial charge in [0.1, 0.15) is 0 Å². The Morgan fingerprint density at radius 3 is 2.55 bits per heavy atom. The van der Waals surface area contributed by atoms with Gasteiger partial charge in [0.2, 0.25) is 15.9 Å². The predicted molar refractivity (Wildman–Crippen MR) is 122 cm³/mol. The first-order chi connectivity index (χ1) is 15.0. The lowest BCUT2D eigenvalue weighted by molar-refractivity contribution is -0.126. The van der Waals surface area contributed by atoms with Crippen molar-refractivity contribution in [2.45, 2.75) is 62.8 Å². The number of hydrogen-bond acceptors (Lipinski definition) is 3. The Balaban J connectivity index is 1.45. The SMILES string of the molecule is CC[C@@H](NC(=O)[C@@H]1CCCN(S(=O)(=O)c2ccccc2)C1)c1ccc2c(c1)CCCC2. The van der Waals surface area contributed by atoms with Crippen molar-refractivity contribution in [3.05, 3.63) is 65.2 Å². The Morgan fingerprint density at radius 1 is 1.06 bits per heavy atom. The maximum Gasteiger partial charge on any atom is 0.243 e. The standard InChI is InChI=1S/C25H32N2O3S/c1-2-24(21-15-14-19-9-6-7-10-20(19)17-21)26-25(28)22-11-8-16-27(18-22)31(29,30)23-12-4-3-5-13-23/h3-5,12-15,17,22,24H,2,6-11,16,18H2,1H3,(H,26,28)/t22-,24-/m1/s1. The van der Waals surface area contributed by atoms with Gasteiger partial charge in [-0.1, -0.05) is 43.3 Å². The summed E-state index contributed by atoms with van der Waals surface area (Å²) in [6, 6.07) is 15.1. The van der Waals surface area contributed by atoms with Crippen molar-refractivity contribution in [2.24, 2.45) is 5.92 Å². The fraction of sp³-hybridized carbons (Fsp3) is 0.480. The number of hydrogen-bond donors (Lipinski definition) is 1. The molecular weight excluding hydrogens is 408 g/mol. The summed E-state index contributed by atoms with van der Waals surface area (Å²) in [6.07, 6.45) is 6.96. The van der Waals surface area contributed by atoms with Crippen LogP contribution < -0.4 is 5.32 Å². The first kappa shape index (κ1) is 22.0. The molecule has 0 bridgehead atoms. The molecule has 1 aliphatic carbocycles. The van der Waals surface area contributed by atoms with Gasteiger partial charge in [0.25, 0.3) is 0 Å². The molecule has 2 aromatic carbocycles. The van der Waals surface area contributed by atoms with E-state index in [2.05, 4.69) is 30.4 Å². The third-order valence-corrected chi connectivity index (χ3v) is 8.51. The number of rotatable bonds is 6. The zero-order chi connectivity index (χ0) is 21.8. The topological polar surface area (TPSA) is 66.5 Å². The third kappa shape index (κ3) is 4.85. The van der Waals surface area contributed by atoms with Gasteiger partial charge >= 0.3 is 0 Å². The molecule has 0 aromatic heterocycles. The van der Waals surface area contributed by atoms with Crippen LogP contribution >= 0.6 is 0 Å². The van der Waals surface area contributed by atoms with E-state index in [-0.39, 0.29) is 29.3 Å². The van der Waals surface area contributed by atoms with Crippen LogP contribution in [0.15, 0.2) is 53.4 Å². The fourth-order valence-corrected chi connectivity index (χ4v) is 6.34. The van der Waals surface area contributed by atoms with Crippen LogP contribution in [-0.2, 0) is 27.7 Å². The summed E-state index contributed by atoms with van der Waals surface area (Å²) in [7, 11) is -3.57. The monoisotopic (exact) mass is 440 g/mol. The van der Waals surface area contributed by atoms with Crippen molar-refractivity contribution in [3.63, 3.8) is 0 Å². The van der Waals surface area contributed by atoms with Gasteiger partial charge in [0.05, 0.1) is 16.9 Å². The molecule has 2 aromatic rings. The van der Waals surface area contributed by atoms with Crippen LogP contribution in [0.2, 0.25) is 0 Å². The van der Waals surface area contributed by atoms with Gasteiger partial charge in [0, 0.05) is 13.1 Å². The summed E-state index contributed by atoms with van der Waals surface area (Å²) in [5.41, 5.74) is 4.00. The molecule has 1 N–H and O–H groups in total. The smallest absolute Gasteiger partial charge is 0.243 e. The van der Waals surface area contributed by atoms with Crippen LogP contribution in [-0.4, -0.2) is 31.7 Å². The fourth-order valence-electron chi connectivity index (χ4n) is 4.80. The summed E-state index contributed by atoms with van der Waals surface area (Å²) < 4.78 is 27.4. The number of amides is 1. The molecule has 31 heavy (non-hydrogen) atoms. The van der Waals surface area contributed by atoms with E-state index in [0.29, 0.717) is 19.4 Å². The number of nitrogens with one attached hydrogen (secondary N) is 1. The molecule has 0 spiro atoms. The maximum atomic E-state index is 13.1. The number of piperidine rings is 1. The lowest BCUT2D eigenvalue weighted by Crippen LogP contribution is -2.46. The summed E-state index contributed by atoms with van der Waals surface area (Å²) >= 11 is 0. The molecule has 2 atom stereocenters. The average molecular weight is 441 g/mol. The van der Waals surface area contributed by atoms with Gasteiger partial charge in [0.15, 0.2) is 0 Å². The zero-order valence-electron chi connectivity index (χ0n) is 18.2. The van der Waals surface area contributed by atoms with E-state index in [0.717, 1.165) is 24.8 Å². The Bertz CT molecular complexity index is 1020. The van der Waals surface area contributed by atoms with E-state index in [9.17, 15) is 13.2 Å². The van der Waals surface area contributed by atoms with Crippen LogP contribution in [0.5, 0.6) is 0 Å². The molecule has 2 aliphatic rings. The molecule has 1 fully saturated rings. The Hall–Kier alpha value is -2.18. The van der Waals surface area contributed by atoms with Crippen molar-refractivity contribution in [1.82, 2.24) is 9.62 Å². The number of benzene rings is 2. The number of fused-ring (bicyclic) bond motifs is 1. The zero-order valence-corrected chi connectivity index (χ0v) is 19.0. The lowest BCUT2D eigenvalue weighted by Gasteiger charge is -2.32. The summed E-state index contributed by atoms with van der Waals surface area (Å²) in [4.78, 5) is 13.4. The minimum absolute atomic E-state index is 0.0409. The number of sulfonamides is 1. The summed E-state index contributed by atoms with van der Waals surface area (Å²) in [5.74, 6) is -0.364. The molecule has 166 valence electrons. The van der Waals surface area contributed by atoms with Crippen LogP contribution in [0, 0.1) is 5.92 Å². The Labute approximate surface area is 185 Å². The van der Waals surface area contributed by atoms with Gasteiger partial charge in [-0.25, -0.2) is 8.42 Å². The quantitative estimate of drug-likeness (QED) is 0.731. The van der Waals surface area contributed by atoms with Crippen molar-refractivity contribution in [3.8, 4) is 0 Å². The van der Waals surface area contributed by atoms with Crippen LogP contribution in [0.1, 0.15) is 61.8 Å². The largest absolute Gasteiger partial charge is 0.349 e. The van der Waals surface area contributed by atoms with Crippen molar-refractivity contribution in [2.75, 3.05) is 13.1 Å². The Kier molecular flexibility index (Phi) is 6.77. The van der Waals surface area contributed by atoms with Crippen molar-refractivity contribution in [1.29, 1.82) is 0 Å². The van der Waals surface area contributed by atoms with E-state index < -0.39 is 10.0 Å². The normalized spacial score (nSPS) is 20.6. The highest BCUT2D eigenvalue weighted by molar-refractivity contribution is 7.89. The maximum absolute atomic E-state index is 13.1. The van der Waals surface area contributed by atoms with Gasteiger partial charge in [-0.3, -0.25) is 4.79 Å². The minimum Gasteiger partial charge on any atom is -0.349 e. The first-order valence-corrected chi connectivity index (χ1v) is 12.9. The van der Waals surface area contributed by atoms with Gasteiger partial charge in [-0.15, -0.1) is 0 Å². The molecule has 6 heteroatoms. The van der Waals surface area contributed by atoms with E-state index in [1.54, 1.807) is 30.3 Å². The number of carbonyl (C=O) groups is 1. The second-order valence-electron chi connectivity index (χ2n) is 8.72. The third-order valence-electron chi connectivity index (χ3n) is 6.64. The van der Waals surface area contributed by atoms with E-state index >= 15 is 0 Å². The number of aryl methyl sites for hydroxylation is 2. The summed E-state index contributed by atoms with van der Waals surface area (Å²) in [5, 5.41) is 3.21. The molecule has 1 heterocycles. The molecule has 1 saturated heterocycles. The van der Waals surface area contributed by atoms with E-state index in [4.69, 9.17) is 0 Å². The molecule has 0 saturated carbocycles. The highest BCUT2D eigenvalue weighted by atomic mass is 32.2. The van der Waals surface area contributed by atoms with Gasteiger partial charge < -0.3 is 5.32 Å². The second kappa shape index (κ2) is 9.53. The van der Waals surface area contributed by atoms with E-state index in [1.165, 1.54) is 28.3 Å². The van der Waals surface area contributed by atoms with E-state index in [1.807, 2.05) is 0 Å². The molecule has 0 radical (unpaired) electrons. The highest BCUT2D eigenvalue weighted by Gasteiger charge is 2.34. The van der Waals surface area contributed by atoms with Crippen LogP contribution in [0.3, 0.4) is 0 Å². The van der Waals surface area contributed by atoms with Crippen LogP contribution in [0.4, 0.5) is 0 Å². The number of nitrogens with zero attached hydrogens (tertiary/aromatic N) is 1. The molecule has 5 nitrogen and oxygen atoms in total. The molecule has 0 unspecified atom stereocenters. The molecule has 4 rings (SSSR count). The lowest BCUT2D eigenvalue weighted by atomic mass is 9.88. The summed E-state index contributed by atoms with van der Waals surface area (Å²) in [6.45, 7) is 2.78.